The summed E-state index contributed by atoms with van der Waals surface area (Å²) in [5, 5.41) is 0. The van der Waals surface area contributed by atoms with Crippen LogP contribution in [0.15, 0.2) is 36.4 Å². The molecular weight excluding hydrogens is 376 g/mol. The van der Waals surface area contributed by atoms with Gasteiger partial charge in [0, 0.05) is 23.9 Å². The second kappa shape index (κ2) is 6.17. The van der Waals surface area contributed by atoms with Crippen LogP contribution >= 0.6 is 11.8 Å². The number of amides is 2. The molecule has 1 fully saturated rings. The predicted octanol–water partition coefficient (Wildman–Crippen LogP) is 2.93. The van der Waals surface area contributed by atoms with Gasteiger partial charge in [-0.3, -0.25) is 14.5 Å². The Kier molecular flexibility index (Phi) is 3.84. The second-order valence-electron chi connectivity index (χ2n) is 7.07. The number of para-hydroxylation sites is 1. The zero-order chi connectivity index (χ0) is 19.5. The lowest BCUT2D eigenvalue weighted by atomic mass is 9.98. The number of anilines is 2. The SMILES string of the molecule is COc1ccc(N2C(=O)CS[C@@]23C(=O)N2CCCc4cccc3c42)cc1OC. The summed E-state index contributed by atoms with van der Waals surface area (Å²) in [5.74, 6) is 1.26. The van der Waals surface area contributed by atoms with E-state index in [1.807, 2.05) is 23.1 Å². The van der Waals surface area contributed by atoms with Crippen LogP contribution in [0.5, 0.6) is 11.5 Å². The van der Waals surface area contributed by atoms with E-state index in [4.69, 9.17) is 9.47 Å². The van der Waals surface area contributed by atoms with Crippen LogP contribution in [0.25, 0.3) is 0 Å². The summed E-state index contributed by atoms with van der Waals surface area (Å²) in [6.45, 7) is 0.694. The first-order valence-corrected chi connectivity index (χ1v) is 10.2. The topological polar surface area (TPSA) is 59.1 Å². The number of methoxy groups -OCH3 is 2. The van der Waals surface area contributed by atoms with E-state index in [-0.39, 0.29) is 17.6 Å². The molecule has 0 aromatic heterocycles. The monoisotopic (exact) mass is 396 g/mol. The van der Waals surface area contributed by atoms with Gasteiger partial charge in [0.05, 0.1) is 25.7 Å². The van der Waals surface area contributed by atoms with E-state index in [1.165, 1.54) is 17.3 Å². The van der Waals surface area contributed by atoms with E-state index in [9.17, 15) is 9.59 Å². The highest BCUT2D eigenvalue weighted by Crippen LogP contribution is 2.57. The van der Waals surface area contributed by atoms with Crippen molar-refractivity contribution in [2.45, 2.75) is 17.7 Å². The third-order valence-corrected chi connectivity index (χ3v) is 7.10. The first-order chi connectivity index (χ1) is 13.6. The summed E-state index contributed by atoms with van der Waals surface area (Å²) in [7, 11) is 3.13. The average Bonchev–Trinajstić information content (AvgIpc) is 3.20. The summed E-state index contributed by atoms with van der Waals surface area (Å²) in [6, 6.07) is 11.4. The van der Waals surface area contributed by atoms with Crippen LogP contribution in [-0.4, -0.2) is 38.3 Å². The van der Waals surface area contributed by atoms with Crippen LogP contribution in [-0.2, 0) is 20.9 Å². The highest BCUT2D eigenvalue weighted by atomic mass is 32.2. The largest absolute Gasteiger partial charge is 0.493 e. The van der Waals surface area contributed by atoms with Crippen molar-refractivity contribution in [3.8, 4) is 11.5 Å². The van der Waals surface area contributed by atoms with E-state index in [0.29, 0.717) is 23.7 Å². The first kappa shape index (κ1) is 17.4. The Balaban J connectivity index is 1.71. The molecule has 2 aromatic rings. The Labute approximate surface area is 167 Å². The molecule has 7 heteroatoms. The van der Waals surface area contributed by atoms with E-state index >= 15 is 0 Å². The van der Waals surface area contributed by atoms with Crippen LogP contribution in [0.4, 0.5) is 11.4 Å². The quantitative estimate of drug-likeness (QED) is 0.798. The molecule has 5 rings (SSSR count). The molecule has 3 aliphatic rings. The summed E-state index contributed by atoms with van der Waals surface area (Å²) in [5.41, 5.74) is 3.73. The van der Waals surface area contributed by atoms with Crippen molar-refractivity contribution < 1.29 is 19.1 Å². The molecule has 1 spiro atoms. The van der Waals surface area contributed by atoms with Gasteiger partial charge in [-0.05, 0) is 30.5 Å². The van der Waals surface area contributed by atoms with E-state index in [1.54, 1.807) is 31.3 Å². The van der Waals surface area contributed by atoms with Crippen LogP contribution in [0.2, 0.25) is 0 Å². The molecule has 2 aromatic carbocycles. The Hall–Kier alpha value is -2.67. The predicted molar refractivity (Wildman–Crippen MR) is 108 cm³/mol. The minimum absolute atomic E-state index is 0.0275. The molecule has 3 heterocycles. The average molecular weight is 396 g/mol. The van der Waals surface area contributed by atoms with Crippen molar-refractivity contribution in [1.82, 2.24) is 0 Å². The Morgan fingerprint density at radius 3 is 2.68 bits per heavy atom. The van der Waals surface area contributed by atoms with Gasteiger partial charge in [0.15, 0.2) is 11.5 Å². The molecular formula is C21H20N2O4S. The molecule has 1 saturated heterocycles. The van der Waals surface area contributed by atoms with Crippen LogP contribution in [0.3, 0.4) is 0 Å². The summed E-state index contributed by atoms with van der Waals surface area (Å²) < 4.78 is 10.8. The number of nitrogens with zero attached hydrogens (tertiary/aromatic N) is 2. The number of rotatable bonds is 3. The number of hydrogen-bond donors (Lipinski definition) is 0. The molecule has 144 valence electrons. The van der Waals surface area contributed by atoms with Gasteiger partial charge in [-0.1, -0.05) is 18.2 Å². The Bertz CT molecular complexity index is 1010. The van der Waals surface area contributed by atoms with E-state index < -0.39 is 4.87 Å². The van der Waals surface area contributed by atoms with Crippen molar-refractivity contribution in [2.24, 2.45) is 0 Å². The molecule has 0 bridgehead atoms. The van der Waals surface area contributed by atoms with Crippen molar-refractivity contribution in [3.05, 3.63) is 47.5 Å². The molecule has 0 unspecified atom stereocenters. The minimum atomic E-state index is -1.05. The number of thioether (sulfide) groups is 1. The van der Waals surface area contributed by atoms with Gasteiger partial charge in [0.2, 0.25) is 10.8 Å². The number of ether oxygens (including phenoxy) is 2. The Morgan fingerprint density at radius 1 is 1.07 bits per heavy atom. The highest BCUT2D eigenvalue weighted by molar-refractivity contribution is 8.02. The minimum Gasteiger partial charge on any atom is -0.493 e. The van der Waals surface area contributed by atoms with Crippen molar-refractivity contribution >= 4 is 35.0 Å². The molecule has 6 nitrogen and oxygen atoms in total. The normalized spacial score (nSPS) is 22.8. The number of carbonyl (C=O) groups excluding carboxylic acids is 2. The molecule has 0 aliphatic carbocycles. The van der Waals surface area contributed by atoms with Gasteiger partial charge < -0.3 is 14.4 Å². The van der Waals surface area contributed by atoms with Gasteiger partial charge in [0.25, 0.3) is 5.91 Å². The van der Waals surface area contributed by atoms with E-state index in [2.05, 4.69) is 6.07 Å². The fraction of sp³-hybridized carbons (Fsp3) is 0.333. The van der Waals surface area contributed by atoms with Crippen molar-refractivity contribution in [1.29, 1.82) is 0 Å². The fourth-order valence-corrected chi connectivity index (χ4v) is 5.89. The van der Waals surface area contributed by atoms with E-state index in [0.717, 1.165) is 24.1 Å². The smallest absolute Gasteiger partial charge is 0.268 e. The van der Waals surface area contributed by atoms with Gasteiger partial charge in [-0.15, -0.1) is 11.8 Å². The van der Waals surface area contributed by atoms with Crippen LogP contribution in [0, 0.1) is 0 Å². The first-order valence-electron chi connectivity index (χ1n) is 9.25. The number of fused-ring (bicyclic) bond motifs is 1. The number of benzene rings is 2. The lowest BCUT2D eigenvalue weighted by molar-refractivity contribution is -0.123. The lowest BCUT2D eigenvalue weighted by Crippen LogP contribution is -2.50. The van der Waals surface area contributed by atoms with Crippen molar-refractivity contribution in [3.63, 3.8) is 0 Å². The summed E-state index contributed by atoms with van der Waals surface area (Å²) in [4.78, 5) is 29.1. The molecule has 0 N–H and O–H groups in total. The van der Waals surface area contributed by atoms with Crippen LogP contribution < -0.4 is 19.3 Å². The molecule has 28 heavy (non-hydrogen) atoms. The third-order valence-electron chi connectivity index (χ3n) is 5.71. The number of aryl methyl sites for hydroxylation is 1. The molecule has 0 radical (unpaired) electrons. The zero-order valence-corrected chi connectivity index (χ0v) is 16.5. The van der Waals surface area contributed by atoms with Crippen molar-refractivity contribution in [2.75, 3.05) is 36.3 Å². The fourth-order valence-electron chi connectivity index (χ4n) is 4.54. The van der Waals surface area contributed by atoms with Crippen LogP contribution in [0.1, 0.15) is 17.5 Å². The van der Waals surface area contributed by atoms with Gasteiger partial charge in [0.1, 0.15) is 0 Å². The standard InChI is InChI=1S/C21H20N2O4S/c1-26-16-9-8-14(11-17(16)27-2)23-18(24)12-28-21(23)15-7-3-5-13-6-4-10-22(19(13)15)20(21)25/h3,5,7-9,11H,4,6,10,12H2,1-2H3/t21-/m0/s1. The maximum atomic E-state index is 13.7. The van der Waals surface area contributed by atoms with Gasteiger partial charge in [-0.25, -0.2) is 0 Å². The Morgan fingerprint density at radius 2 is 1.89 bits per heavy atom. The van der Waals surface area contributed by atoms with Gasteiger partial charge in [-0.2, -0.15) is 0 Å². The summed E-state index contributed by atoms with van der Waals surface area (Å²) >= 11 is 1.41. The molecule has 2 amide bonds. The molecule has 0 saturated carbocycles. The number of hydrogen-bond acceptors (Lipinski definition) is 5. The number of carbonyl (C=O) groups is 2. The molecule has 1 atom stereocenters. The second-order valence-corrected chi connectivity index (χ2v) is 8.24. The third kappa shape index (κ3) is 2.11. The maximum absolute atomic E-state index is 13.7. The summed E-state index contributed by atoms with van der Waals surface area (Å²) in [6.07, 6.45) is 1.89. The highest BCUT2D eigenvalue weighted by Gasteiger charge is 2.61. The molecule has 3 aliphatic heterocycles. The lowest BCUT2D eigenvalue weighted by Gasteiger charge is -2.33. The maximum Gasteiger partial charge on any atom is 0.268 e. The van der Waals surface area contributed by atoms with Gasteiger partial charge >= 0.3 is 0 Å². The zero-order valence-electron chi connectivity index (χ0n) is 15.7.